The monoisotopic (exact) mass is 542 g/mol. The average molecular weight is 543 g/mol. The Morgan fingerprint density at radius 1 is 1.00 bits per heavy atom. The highest BCUT2D eigenvalue weighted by Crippen LogP contribution is 2.34. The smallest absolute Gasteiger partial charge is 0.268 e. The Morgan fingerprint density at radius 3 is 2.63 bits per heavy atom. The maximum Gasteiger partial charge on any atom is 0.268 e. The Bertz CT molecular complexity index is 1730. The number of nitrogens with one attached hydrogen (secondary N) is 1. The first kappa shape index (κ1) is 26.1. The predicted octanol–water partition coefficient (Wildman–Crippen LogP) is 6.14. The van der Waals surface area contributed by atoms with Gasteiger partial charge in [0.15, 0.2) is 0 Å². The van der Waals surface area contributed by atoms with Crippen molar-refractivity contribution in [1.29, 1.82) is 0 Å². The molecule has 1 N–H and O–H groups in total. The number of methoxy groups -OCH3 is 1. The number of allylic oxidation sites excluding steroid dienone is 3. The molecule has 0 atom stereocenters. The van der Waals surface area contributed by atoms with Crippen molar-refractivity contribution < 1.29 is 14.3 Å². The number of nitrogens with zero attached hydrogens (tertiary/aromatic N) is 3. The van der Waals surface area contributed by atoms with Crippen LogP contribution < -0.4 is 10.1 Å². The number of ether oxygens (including phenoxy) is 1. The molecule has 0 spiro atoms. The van der Waals surface area contributed by atoms with E-state index in [0.29, 0.717) is 24.3 Å². The molecule has 2 aromatic carbocycles. The van der Waals surface area contributed by atoms with E-state index in [1.54, 1.807) is 19.5 Å². The van der Waals surface area contributed by atoms with Gasteiger partial charge >= 0.3 is 0 Å². The van der Waals surface area contributed by atoms with Crippen LogP contribution in [0.15, 0.2) is 109 Å². The maximum atomic E-state index is 14.1. The van der Waals surface area contributed by atoms with Crippen molar-refractivity contribution in [2.75, 3.05) is 7.11 Å². The molecule has 6 rings (SSSR count). The van der Waals surface area contributed by atoms with Gasteiger partial charge in [0.25, 0.3) is 11.8 Å². The number of aromatic nitrogens is 2. The van der Waals surface area contributed by atoms with E-state index in [4.69, 9.17) is 4.74 Å². The van der Waals surface area contributed by atoms with Gasteiger partial charge in [0.1, 0.15) is 11.4 Å². The number of rotatable bonds is 6. The highest BCUT2D eigenvalue weighted by atomic mass is 16.5. The molecule has 7 nitrogen and oxygen atoms in total. The van der Waals surface area contributed by atoms with E-state index >= 15 is 0 Å². The van der Waals surface area contributed by atoms with Crippen LogP contribution in [0.3, 0.4) is 0 Å². The van der Waals surface area contributed by atoms with Gasteiger partial charge in [-0.05, 0) is 72.5 Å². The lowest BCUT2D eigenvalue weighted by atomic mass is 9.97. The quantitative estimate of drug-likeness (QED) is 0.318. The molecule has 1 aliphatic carbocycles. The molecule has 0 bridgehead atoms. The SMILES string of the molecule is COc1ccccc1-c1ccc(C(=O)N2Cc3ccc(C(=O)NCc4ccncc4)n3C=C3C=CCC=C32)cc1C. The molecule has 0 saturated heterocycles. The Kier molecular flexibility index (Phi) is 7.08. The standard InChI is InChI=1S/C34H30N4O3/c1-23-19-25(11-13-28(23)29-8-4-6-10-32(29)41-2)34(40)38-22-27-12-14-31(33(39)36-20-24-15-17-35-18-16-24)37(27)21-26-7-3-5-9-30(26)38/h3-4,6-19,21H,5,20,22H2,1-2H3,(H,36,39). The molecular formula is C34H30N4O3. The van der Waals surface area contributed by atoms with Crippen LogP contribution in [0.4, 0.5) is 0 Å². The van der Waals surface area contributed by atoms with Crippen molar-refractivity contribution >= 4 is 18.0 Å². The van der Waals surface area contributed by atoms with Crippen molar-refractivity contribution in [2.45, 2.75) is 26.4 Å². The van der Waals surface area contributed by atoms with Gasteiger partial charge in [-0.25, -0.2) is 0 Å². The summed E-state index contributed by atoms with van der Waals surface area (Å²) in [6.45, 7) is 2.75. The molecule has 0 fully saturated rings. The van der Waals surface area contributed by atoms with Gasteiger partial charge in [-0.1, -0.05) is 42.5 Å². The second kappa shape index (κ2) is 11.1. The Morgan fingerprint density at radius 2 is 1.83 bits per heavy atom. The largest absolute Gasteiger partial charge is 0.496 e. The molecule has 41 heavy (non-hydrogen) atoms. The zero-order valence-electron chi connectivity index (χ0n) is 23.0. The van der Waals surface area contributed by atoms with E-state index in [9.17, 15) is 9.59 Å². The number of carbonyl (C=O) groups is 2. The summed E-state index contributed by atoms with van der Waals surface area (Å²) in [4.78, 5) is 33.1. The number of para-hydroxylation sites is 1. The first-order valence-electron chi connectivity index (χ1n) is 13.6. The van der Waals surface area contributed by atoms with Gasteiger partial charge in [-0.15, -0.1) is 0 Å². The fourth-order valence-corrected chi connectivity index (χ4v) is 5.37. The van der Waals surface area contributed by atoms with E-state index in [2.05, 4.69) is 22.5 Å². The first-order valence-corrected chi connectivity index (χ1v) is 13.6. The van der Waals surface area contributed by atoms with Crippen molar-refractivity contribution in [3.8, 4) is 16.9 Å². The molecule has 0 saturated carbocycles. The number of pyridine rings is 1. The zero-order valence-corrected chi connectivity index (χ0v) is 23.0. The van der Waals surface area contributed by atoms with Crippen molar-refractivity contribution in [3.63, 3.8) is 0 Å². The minimum absolute atomic E-state index is 0.0922. The highest BCUT2D eigenvalue weighted by Gasteiger charge is 2.28. The summed E-state index contributed by atoms with van der Waals surface area (Å²) in [7, 11) is 1.66. The Hall–Kier alpha value is -5.17. The summed E-state index contributed by atoms with van der Waals surface area (Å²) in [5.74, 6) is 0.514. The lowest BCUT2D eigenvalue weighted by Crippen LogP contribution is -2.30. The third-order valence-corrected chi connectivity index (χ3v) is 7.47. The van der Waals surface area contributed by atoms with Gasteiger partial charge in [-0.3, -0.25) is 14.6 Å². The van der Waals surface area contributed by atoms with E-state index in [1.807, 2.05) is 95.4 Å². The van der Waals surface area contributed by atoms with E-state index in [1.165, 1.54) is 0 Å². The molecular weight excluding hydrogens is 512 g/mol. The fourth-order valence-electron chi connectivity index (χ4n) is 5.37. The van der Waals surface area contributed by atoms with Crippen LogP contribution in [0.25, 0.3) is 17.3 Å². The minimum atomic E-state index is -0.183. The average Bonchev–Trinajstić information content (AvgIpc) is 3.33. The van der Waals surface area contributed by atoms with Crippen LogP contribution in [0.5, 0.6) is 5.75 Å². The van der Waals surface area contributed by atoms with Crippen LogP contribution in [-0.2, 0) is 13.1 Å². The second-order valence-electron chi connectivity index (χ2n) is 10.1. The number of hydrogen-bond acceptors (Lipinski definition) is 4. The molecule has 4 aromatic rings. The lowest BCUT2D eigenvalue weighted by molar-refractivity contribution is 0.0798. The minimum Gasteiger partial charge on any atom is -0.496 e. The molecule has 2 aromatic heterocycles. The molecule has 7 heteroatoms. The predicted molar refractivity (Wildman–Crippen MR) is 159 cm³/mol. The van der Waals surface area contributed by atoms with Gasteiger partial charge in [0, 0.05) is 53.2 Å². The van der Waals surface area contributed by atoms with Crippen molar-refractivity contribution in [2.24, 2.45) is 0 Å². The van der Waals surface area contributed by atoms with Crippen molar-refractivity contribution in [3.05, 3.63) is 137 Å². The summed E-state index contributed by atoms with van der Waals surface area (Å²) in [5, 5.41) is 3.00. The van der Waals surface area contributed by atoms with Crippen LogP contribution in [0.1, 0.15) is 44.1 Å². The summed E-state index contributed by atoms with van der Waals surface area (Å²) in [6.07, 6.45) is 12.2. The molecule has 3 heterocycles. The third kappa shape index (κ3) is 5.10. The molecule has 204 valence electrons. The maximum absolute atomic E-state index is 14.1. The molecule has 1 aliphatic heterocycles. The highest BCUT2D eigenvalue weighted by molar-refractivity contribution is 5.98. The van der Waals surface area contributed by atoms with Crippen LogP contribution in [0.2, 0.25) is 0 Å². The lowest BCUT2D eigenvalue weighted by Gasteiger charge is -2.26. The van der Waals surface area contributed by atoms with Crippen molar-refractivity contribution in [1.82, 2.24) is 19.8 Å². The first-order chi connectivity index (χ1) is 20.0. The molecule has 0 unspecified atom stereocenters. The van der Waals surface area contributed by atoms with Crippen LogP contribution >= 0.6 is 0 Å². The van der Waals surface area contributed by atoms with E-state index < -0.39 is 0 Å². The molecule has 2 amide bonds. The fraction of sp³-hybridized carbons (Fsp3) is 0.147. The number of hydrogen-bond donors (Lipinski definition) is 1. The third-order valence-electron chi connectivity index (χ3n) is 7.47. The molecule has 0 radical (unpaired) electrons. The Balaban J connectivity index is 1.30. The number of fused-ring (bicyclic) bond motifs is 2. The number of aryl methyl sites for hydroxylation is 1. The van der Waals surface area contributed by atoms with Gasteiger partial charge in [0.05, 0.1) is 13.7 Å². The normalized spacial score (nSPS) is 13.9. The van der Waals surface area contributed by atoms with Gasteiger partial charge in [0.2, 0.25) is 0 Å². The summed E-state index contributed by atoms with van der Waals surface area (Å²) >= 11 is 0. The topological polar surface area (TPSA) is 76.5 Å². The Labute approximate surface area is 239 Å². The number of carbonyl (C=O) groups excluding carboxylic acids is 2. The van der Waals surface area contributed by atoms with Crippen LogP contribution in [-0.4, -0.2) is 33.4 Å². The summed E-state index contributed by atoms with van der Waals surface area (Å²) in [6, 6.07) is 21.1. The van der Waals surface area contributed by atoms with Crippen LogP contribution in [0, 0.1) is 6.92 Å². The van der Waals surface area contributed by atoms with Gasteiger partial charge < -0.3 is 19.5 Å². The number of benzene rings is 2. The van der Waals surface area contributed by atoms with E-state index in [0.717, 1.165) is 51.4 Å². The molecule has 2 aliphatic rings. The zero-order chi connectivity index (χ0) is 28.3. The van der Waals surface area contributed by atoms with Gasteiger partial charge in [-0.2, -0.15) is 0 Å². The van der Waals surface area contributed by atoms with E-state index in [-0.39, 0.29) is 11.8 Å². The summed E-state index contributed by atoms with van der Waals surface area (Å²) < 4.78 is 7.45. The second-order valence-corrected chi connectivity index (χ2v) is 10.1. The summed E-state index contributed by atoms with van der Waals surface area (Å²) in [5.41, 5.74) is 7.66. The number of amides is 2.